The quantitative estimate of drug-likeness (QED) is 0.172. The lowest BCUT2D eigenvalue weighted by atomic mass is 10.00. The normalized spacial score (nSPS) is 15.1. The van der Waals surface area contributed by atoms with Crippen molar-refractivity contribution in [3.8, 4) is 0 Å². The first-order chi connectivity index (χ1) is 13.8. The lowest BCUT2D eigenvalue weighted by Gasteiger charge is -2.27. The summed E-state index contributed by atoms with van der Waals surface area (Å²) in [6.07, 6.45) is -0.607. The van der Waals surface area contributed by atoms with Gasteiger partial charge >= 0.3 is 11.9 Å². The Hall–Kier alpha value is -2.73. The average molecular weight is 432 g/mol. The minimum absolute atomic E-state index is 0.00983. The maximum Gasteiger partial charge on any atom is 0.326 e. The van der Waals surface area contributed by atoms with Gasteiger partial charge in [0.25, 0.3) is 0 Å². The topological polar surface area (TPSA) is 208 Å². The number of aliphatic hydroxyl groups is 1. The Balaban J connectivity index is 5.40. The van der Waals surface area contributed by atoms with Gasteiger partial charge in [0.1, 0.15) is 24.2 Å². The summed E-state index contributed by atoms with van der Waals surface area (Å²) in [6.45, 7) is 6.08. The minimum atomic E-state index is -1.55. The Bertz CT molecular complexity index is 638. The Labute approximate surface area is 174 Å². The molecule has 172 valence electrons. The van der Waals surface area contributed by atoms with Crippen molar-refractivity contribution in [2.45, 2.75) is 64.7 Å². The van der Waals surface area contributed by atoms with Gasteiger partial charge in [-0.25, -0.2) is 4.79 Å². The molecule has 0 fully saturated rings. The van der Waals surface area contributed by atoms with E-state index in [1.54, 1.807) is 27.7 Å². The molecule has 0 aromatic carbocycles. The second-order valence-electron chi connectivity index (χ2n) is 7.71. The molecule has 4 atom stereocenters. The van der Waals surface area contributed by atoms with Gasteiger partial charge in [0.15, 0.2) is 0 Å². The fourth-order valence-electron chi connectivity index (χ4n) is 2.49. The van der Waals surface area contributed by atoms with Crippen LogP contribution in [-0.2, 0) is 24.0 Å². The lowest BCUT2D eigenvalue weighted by Crippen LogP contribution is -2.59. The van der Waals surface area contributed by atoms with Crippen molar-refractivity contribution in [1.29, 1.82) is 0 Å². The number of carboxylic acid groups (broad SMARTS) is 2. The van der Waals surface area contributed by atoms with Crippen LogP contribution in [0.5, 0.6) is 0 Å². The number of aliphatic hydroxyl groups excluding tert-OH is 1. The van der Waals surface area contributed by atoms with Crippen LogP contribution in [0.4, 0.5) is 0 Å². The molecule has 0 aromatic rings. The number of hydrogen-bond acceptors (Lipinski definition) is 7. The molecule has 0 rings (SSSR count). The van der Waals surface area contributed by atoms with Crippen molar-refractivity contribution in [3.05, 3.63) is 0 Å². The molecule has 0 spiro atoms. The van der Waals surface area contributed by atoms with Crippen LogP contribution in [0.15, 0.2) is 0 Å². The van der Waals surface area contributed by atoms with Crippen molar-refractivity contribution in [1.82, 2.24) is 16.0 Å². The lowest BCUT2D eigenvalue weighted by molar-refractivity contribution is -0.144. The molecular formula is C18H32N4O8. The summed E-state index contributed by atoms with van der Waals surface area (Å²) in [5.74, 6) is -5.74. The predicted octanol–water partition coefficient (Wildman–Crippen LogP) is -1.98. The Morgan fingerprint density at radius 3 is 1.77 bits per heavy atom. The second kappa shape index (κ2) is 12.8. The average Bonchev–Trinajstić information content (AvgIpc) is 2.62. The van der Waals surface area contributed by atoms with E-state index in [0.717, 1.165) is 0 Å². The monoisotopic (exact) mass is 432 g/mol. The SMILES string of the molecule is CC(C)CC(NC(=O)C(NC(=O)C(CC(=O)O)NC(=O)C(N)CO)C(C)C)C(=O)O. The smallest absolute Gasteiger partial charge is 0.326 e. The highest BCUT2D eigenvalue weighted by molar-refractivity contribution is 5.95. The molecule has 0 bridgehead atoms. The van der Waals surface area contributed by atoms with Crippen LogP contribution in [0.3, 0.4) is 0 Å². The molecule has 0 aromatic heterocycles. The van der Waals surface area contributed by atoms with Gasteiger partial charge in [-0.1, -0.05) is 27.7 Å². The number of carbonyl (C=O) groups is 5. The number of nitrogens with two attached hydrogens (primary N) is 1. The molecular weight excluding hydrogens is 400 g/mol. The molecule has 0 saturated heterocycles. The van der Waals surface area contributed by atoms with Gasteiger partial charge in [0.05, 0.1) is 13.0 Å². The minimum Gasteiger partial charge on any atom is -0.481 e. The van der Waals surface area contributed by atoms with E-state index in [1.807, 2.05) is 0 Å². The second-order valence-corrected chi connectivity index (χ2v) is 7.71. The first-order valence-corrected chi connectivity index (χ1v) is 9.52. The third-order valence-corrected chi connectivity index (χ3v) is 4.11. The van der Waals surface area contributed by atoms with Gasteiger partial charge in [-0.05, 0) is 18.3 Å². The van der Waals surface area contributed by atoms with E-state index in [-0.39, 0.29) is 12.3 Å². The van der Waals surface area contributed by atoms with E-state index in [0.29, 0.717) is 0 Å². The molecule has 3 amide bonds. The van der Waals surface area contributed by atoms with Gasteiger partial charge in [-0.3, -0.25) is 19.2 Å². The zero-order chi connectivity index (χ0) is 23.6. The third-order valence-electron chi connectivity index (χ3n) is 4.11. The van der Waals surface area contributed by atoms with E-state index >= 15 is 0 Å². The van der Waals surface area contributed by atoms with Gasteiger partial charge in [-0.15, -0.1) is 0 Å². The van der Waals surface area contributed by atoms with Crippen molar-refractivity contribution in [2.75, 3.05) is 6.61 Å². The molecule has 12 heteroatoms. The Morgan fingerprint density at radius 2 is 1.37 bits per heavy atom. The summed E-state index contributed by atoms with van der Waals surface area (Å²) in [4.78, 5) is 59.4. The highest BCUT2D eigenvalue weighted by atomic mass is 16.4. The van der Waals surface area contributed by atoms with Crippen molar-refractivity contribution in [2.24, 2.45) is 17.6 Å². The number of amides is 3. The maximum atomic E-state index is 12.6. The van der Waals surface area contributed by atoms with Crippen molar-refractivity contribution >= 4 is 29.7 Å². The van der Waals surface area contributed by atoms with Gasteiger partial charge < -0.3 is 37.0 Å². The first-order valence-electron chi connectivity index (χ1n) is 9.52. The summed E-state index contributed by atoms with van der Waals surface area (Å²) in [6, 6.07) is -5.24. The third kappa shape index (κ3) is 9.65. The van der Waals surface area contributed by atoms with Crippen LogP contribution >= 0.6 is 0 Å². The highest BCUT2D eigenvalue weighted by Gasteiger charge is 2.32. The van der Waals surface area contributed by atoms with Crippen LogP contribution in [0.1, 0.15) is 40.5 Å². The van der Waals surface area contributed by atoms with E-state index in [1.165, 1.54) is 0 Å². The van der Waals surface area contributed by atoms with E-state index in [9.17, 15) is 29.1 Å². The van der Waals surface area contributed by atoms with Crippen LogP contribution in [0.25, 0.3) is 0 Å². The molecule has 30 heavy (non-hydrogen) atoms. The van der Waals surface area contributed by atoms with E-state index in [4.69, 9.17) is 15.9 Å². The standard InChI is InChI=1S/C18H32N4O8/c1-8(2)5-12(18(29)30)21-17(28)14(9(3)4)22-16(27)11(6-13(24)25)20-15(26)10(19)7-23/h8-12,14,23H,5-7,19H2,1-4H3,(H,20,26)(H,21,28)(H,22,27)(H,24,25)(H,29,30). The largest absolute Gasteiger partial charge is 0.481 e. The Kier molecular flexibility index (Phi) is 11.6. The predicted molar refractivity (Wildman–Crippen MR) is 105 cm³/mol. The van der Waals surface area contributed by atoms with Crippen LogP contribution < -0.4 is 21.7 Å². The molecule has 4 unspecified atom stereocenters. The van der Waals surface area contributed by atoms with Crippen LogP contribution in [0.2, 0.25) is 0 Å². The molecule has 0 radical (unpaired) electrons. The van der Waals surface area contributed by atoms with Gasteiger partial charge in [0, 0.05) is 0 Å². The number of carboxylic acids is 2. The maximum absolute atomic E-state index is 12.6. The van der Waals surface area contributed by atoms with Crippen molar-refractivity contribution < 1.29 is 39.3 Å². The summed E-state index contributed by atoms with van der Waals surface area (Å²) < 4.78 is 0. The molecule has 0 aliphatic carbocycles. The van der Waals surface area contributed by atoms with Gasteiger partial charge in [-0.2, -0.15) is 0 Å². The number of carbonyl (C=O) groups excluding carboxylic acids is 3. The first kappa shape index (κ1) is 27.3. The fraction of sp³-hybridized carbons (Fsp3) is 0.722. The fourth-order valence-corrected chi connectivity index (χ4v) is 2.49. The van der Waals surface area contributed by atoms with Crippen LogP contribution in [-0.4, -0.2) is 75.8 Å². The zero-order valence-corrected chi connectivity index (χ0v) is 17.5. The highest BCUT2D eigenvalue weighted by Crippen LogP contribution is 2.08. The summed E-state index contributed by atoms with van der Waals surface area (Å²) in [7, 11) is 0. The molecule has 0 heterocycles. The summed E-state index contributed by atoms with van der Waals surface area (Å²) in [5, 5.41) is 34.1. The summed E-state index contributed by atoms with van der Waals surface area (Å²) in [5.41, 5.74) is 5.36. The molecule has 0 aliphatic rings. The van der Waals surface area contributed by atoms with E-state index < -0.39 is 72.8 Å². The summed E-state index contributed by atoms with van der Waals surface area (Å²) >= 11 is 0. The number of nitrogens with one attached hydrogen (secondary N) is 3. The molecule has 12 nitrogen and oxygen atoms in total. The number of rotatable bonds is 13. The molecule has 8 N–H and O–H groups in total. The van der Waals surface area contributed by atoms with Crippen LogP contribution in [0, 0.1) is 11.8 Å². The number of aliphatic carboxylic acids is 2. The number of hydrogen-bond donors (Lipinski definition) is 7. The Morgan fingerprint density at radius 1 is 0.833 bits per heavy atom. The zero-order valence-electron chi connectivity index (χ0n) is 17.5. The molecule has 0 saturated carbocycles. The van der Waals surface area contributed by atoms with Gasteiger partial charge in [0.2, 0.25) is 17.7 Å². The van der Waals surface area contributed by atoms with Crippen molar-refractivity contribution in [3.63, 3.8) is 0 Å². The van der Waals surface area contributed by atoms with E-state index in [2.05, 4.69) is 16.0 Å². The molecule has 0 aliphatic heterocycles.